The van der Waals surface area contributed by atoms with E-state index in [2.05, 4.69) is 15.6 Å². The molecule has 2 aromatic rings. The molecule has 0 aliphatic carbocycles. The molecule has 2 rings (SSSR count). The number of nitrogens with one attached hydrogen (secondary N) is 2. The van der Waals surface area contributed by atoms with Crippen LogP contribution in [0.4, 0.5) is 11.5 Å². The van der Waals surface area contributed by atoms with E-state index < -0.39 is 0 Å². The zero-order chi connectivity index (χ0) is 14.4. The minimum Gasteiger partial charge on any atom is -0.369 e. The smallest absolute Gasteiger partial charge is 0.257 e. The van der Waals surface area contributed by atoms with Crippen LogP contribution in [-0.2, 0) is 0 Å². The van der Waals surface area contributed by atoms with Crippen LogP contribution < -0.4 is 16.4 Å². The third-order valence-electron chi connectivity index (χ3n) is 2.75. The standard InChI is InChI=1S/C15H18N4O/c1-11-3-2-4-13(9-11)19-15(20)12-5-6-14(18-10-12)17-8-7-16/h2-6,9-10H,7-8,16H2,1H3,(H,17,18)(H,19,20). The van der Waals surface area contributed by atoms with Crippen LogP contribution in [0.15, 0.2) is 42.6 Å². The van der Waals surface area contributed by atoms with Crippen LogP contribution in [0.1, 0.15) is 15.9 Å². The molecule has 20 heavy (non-hydrogen) atoms. The van der Waals surface area contributed by atoms with E-state index in [1.54, 1.807) is 18.3 Å². The van der Waals surface area contributed by atoms with Gasteiger partial charge in [-0.25, -0.2) is 4.98 Å². The first kappa shape index (κ1) is 14.0. The van der Waals surface area contributed by atoms with Crippen LogP contribution in [0.3, 0.4) is 0 Å². The molecule has 0 unspecified atom stereocenters. The van der Waals surface area contributed by atoms with E-state index in [1.165, 1.54) is 0 Å². The molecule has 0 spiro atoms. The molecule has 0 aliphatic heterocycles. The summed E-state index contributed by atoms with van der Waals surface area (Å²) in [4.78, 5) is 16.2. The Labute approximate surface area is 118 Å². The highest BCUT2D eigenvalue weighted by atomic mass is 16.1. The highest BCUT2D eigenvalue weighted by molar-refractivity contribution is 6.04. The Morgan fingerprint density at radius 2 is 2.15 bits per heavy atom. The average molecular weight is 270 g/mol. The largest absolute Gasteiger partial charge is 0.369 e. The van der Waals surface area contributed by atoms with Gasteiger partial charge < -0.3 is 16.4 Å². The van der Waals surface area contributed by atoms with Crippen molar-refractivity contribution in [2.24, 2.45) is 5.73 Å². The van der Waals surface area contributed by atoms with Crippen molar-refractivity contribution < 1.29 is 4.79 Å². The monoisotopic (exact) mass is 270 g/mol. The molecule has 1 amide bonds. The summed E-state index contributed by atoms with van der Waals surface area (Å²) in [5, 5.41) is 5.89. The summed E-state index contributed by atoms with van der Waals surface area (Å²) in [5.41, 5.74) is 7.79. The molecule has 5 nitrogen and oxygen atoms in total. The number of pyridine rings is 1. The van der Waals surface area contributed by atoms with Gasteiger partial charge in [0.1, 0.15) is 5.82 Å². The zero-order valence-corrected chi connectivity index (χ0v) is 11.4. The van der Waals surface area contributed by atoms with Crippen molar-refractivity contribution in [2.75, 3.05) is 23.7 Å². The number of benzene rings is 1. The van der Waals surface area contributed by atoms with E-state index in [1.807, 2.05) is 31.2 Å². The Bertz CT molecular complexity index is 581. The lowest BCUT2D eigenvalue weighted by Crippen LogP contribution is -2.15. The van der Waals surface area contributed by atoms with Crippen LogP contribution in [0.5, 0.6) is 0 Å². The molecular formula is C15H18N4O. The number of nitrogens with two attached hydrogens (primary N) is 1. The molecule has 0 fully saturated rings. The molecule has 0 saturated carbocycles. The number of aromatic nitrogens is 1. The first-order valence-corrected chi connectivity index (χ1v) is 6.47. The number of nitrogens with zero attached hydrogens (tertiary/aromatic N) is 1. The number of amides is 1. The van der Waals surface area contributed by atoms with Gasteiger partial charge in [0.05, 0.1) is 5.56 Å². The second kappa shape index (κ2) is 6.68. The maximum absolute atomic E-state index is 12.1. The number of hydrogen-bond donors (Lipinski definition) is 3. The fourth-order valence-electron chi connectivity index (χ4n) is 1.76. The van der Waals surface area contributed by atoms with Crippen LogP contribution in [0, 0.1) is 6.92 Å². The number of carbonyl (C=O) groups excluding carboxylic acids is 1. The van der Waals surface area contributed by atoms with Crippen molar-refractivity contribution in [3.8, 4) is 0 Å². The van der Waals surface area contributed by atoms with Crippen molar-refractivity contribution in [3.05, 3.63) is 53.7 Å². The van der Waals surface area contributed by atoms with Crippen LogP contribution >= 0.6 is 0 Å². The maximum atomic E-state index is 12.1. The summed E-state index contributed by atoms with van der Waals surface area (Å²) in [6, 6.07) is 11.2. The summed E-state index contributed by atoms with van der Waals surface area (Å²) in [7, 11) is 0. The van der Waals surface area contributed by atoms with Crippen LogP contribution in [0.2, 0.25) is 0 Å². The molecule has 4 N–H and O–H groups in total. The van der Waals surface area contributed by atoms with Gasteiger partial charge in [0, 0.05) is 25.0 Å². The van der Waals surface area contributed by atoms with Gasteiger partial charge >= 0.3 is 0 Å². The second-order valence-corrected chi connectivity index (χ2v) is 4.47. The Morgan fingerprint density at radius 1 is 1.30 bits per heavy atom. The van der Waals surface area contributed by atoms with E-state index in [-0.39, 0.29) is 5.91 Å². The van der Waals surface area contributed by atoms with Crippen molar-refractivity contribution >= 4 is 17.4 Å². The van der Waals surface area contributed by atoms with Gasteiger partial charge in [0.2, 0.25) is 0 Å². The van der Waals surface area contributed by atoms with E-state index >= 15 is 0 Å². The van der Waals surface area contributed by atoms with E-state index in [0.29, 0.717) is 24.5 Å². The molecule has 0 aliphatic rings. The fourth-order valence-corrected chi connectivity index (χ4v) is 1.76. The Kier molecular flexibility index (Phi) is 4.68. The Hall–Kier alpha value is -2.40. The Balaban J connectivity index is 2.02. The van der Waals surface area contributed by atoms with Crippen molar-refractivity contribution in [1.82, 2.24) is 4.98 Å². The van der Waals surface area contributed by atoms with Crippen LogP contribution in [-0.4, -0.2) is 24.0 Å². The van der Waals surface area contributed by atoms with Crippen LogP contribution in [0.25, 0.3) is 0 Å². The minimum atomic E-state index is -0.173. The fraction of sp³-hybridized carbons (Fsp3) is 0.200. The number of carbonyl (C=O) groups is 1. The van der Waals surface area contributed by atoms with Gasteiger partial charge in [0.25, 0.3) is 5.91 Å². The van der Waals surface area contributed by atoms with Crippen molar-refractivity contribution in [2.45, 2.75) is 6.92 Å². The normalized spacial score (nSPS) is 10.1. The molecule has 1 aromatic heterocycles. The average Bonchev–Trinajstić information content (AvgIpc) is 2.45. The maximum Gasteiger partial charge on any atom is 0.257 e. The molecule has 5 heteroatoms. The van der Waals surface area contributed by atoms with E-state index in [0.717, 1.165) is 11.3 Å². The number of anilines is 2. The molecule has 104 valence electrons. The van der Waals surface area contributed by atoms with Gasteiger partial charge in [-0.05, 0) is 36.8 Å². The first-order valence-electron chi connectivity index (χ1n) is 6.47. The van der Waals surface area contributed by atoms with E-state index in [4.69, 9.17) is 5.73 Å². The Morgan fingerprint density at radius 3 is 2.80 bits per heavy atom. The van der Waals surface area contributed by atoms with Gasteiger partial charge in [-0.1, -0.05) is 12.1 Å². The summed E-state index contributed by atoms with van der Waals surface area (Å²) in [6.45, 7) is 3.17. The molecule has 1 aromatic carbocycles. The predicted octanol–water partition coefficient (Wildman–Crippen LogP) is 2.01. The number of rotatable bonds is 5. The highest BCUT2D eigenvalue weighted by Crippen LogP contribution is 2.12. The first-order chi connectivity index (χ1) is 9.69. The molecule has 1 heterocycles. The lowest BCUT2D eigenvalue weighted by atomic mass is 10.2. The molecule has 0 radical (unpaired) electrons. The summed E-state index contributed by atoms with van der Waals surface area (Å²) in [5.74, 6) is 0.538. The molecule has 0 bridgehead atoms. The lowest BCUT2D eigenvalue weighted by Gasteiger charge is -2.07. The molecular weight excluding hydrogens is 252 g/mol. The summed E-state index contributed by atoms with van der Waals surface area (Å²) >= 11 is 0. The van der Waals surface area contributed by atoms with Gasteiger partial charge in [-0.2, -0.15) is 0 Å². The third-order valence-corrected chi connectivity index (χ3v) is 2.75. The predicted molar refractivity (Wildman–Crippen MR) is 80.9 cm³/mol. The third kappa shape index (κ3) is 3.80. The summed E-state index contributed by atoms with van der Waals surface area (Å²) < 4.78 is 0. The minimum absolute atomic E-state index is 0.173. The number of aryl methyl sites for hydroxylation is 1. The van der Waals surface area contributed by atoms with Crippen molar-refractivity contribution in [1.29, 1.82) is 0 Å². The van der Waals surface area contributed by atoms with Gasteiger partial charge in [-0.3, -0.25) is 4.79 Å². The van der Waals surface area contributed by atoms with E-state index in [9.17, 15) is 4.79 Å². The second-order valence-electron chi connectivity index (χ2n) is 4.47. The topological polar surface area (TPSA) is 80.0 Å². The molecule has 0 atom stereocenters. The van der Waals surface area contributed by atoms with Gasteiger partial charge in [-0.15, -0.1) is 0 Å². The summed E-state index contributed by atoms with van der Waals surface area (Å²) in [6.07, 6.45) is 1.55. The zero-order valence-electron chi connectivity index (χ0n) is 11.4. The number of hydrogen-bond acceptors (Lipinski definition) is 4. The van der Waals surface area contributed by atoms with Gasteiger partial charge in [0.15, 0.2) is 0 Å². The highest BCUT2D eigenvalue weighted by Gasteiger charge is 2.06. The van der Waals surface area contributed by atoms with Crippen molar-refractivity contribution in [3.63, 3.8) is 0 Å². The quantitative estimate of drug-likeness (QED) is 0.776. The SMILES string of the molecule is Cc1cccc(NC(=O)c2ccc(NCCN)nc2)c1. The molecule has 0 saturated heterocycles. The lowest BCUT2D eigenvalue weighted by molar-refractivity contribution is 0.102.